The van der Waals surface area contributed by atoms with E-state index in [9.17, 15) is 4.79 Å². The molecular formula is C12H22N2O. The Bertz CT molecular complexity index is 224. The maximum absolute atomic E-state index is 12.1. The van der Waals surface area contributed by atoms with Crippen LogP contribution in [0.25, 0.3) is 0 Å². The zero-order valence-corrected chi connectivity index (χ0v) is 9.67. The summed E-state index contributed by atoms with van der Waals surface area (Å²) in [4.78, 5) is 14.2. The molecule has 0 bridgehead atoms. The third-order valence-corrected chi connectivity index (χ3v) is 3.69. The predicted octanol–water partition coefficient (Wildman–Crippen LogP) is 1.39. The van der Waals surface area contributed by atoms with Gasteiger partial charge in [0.1, 0.15) is 0 Å². The molecule has 0 radical (unpaired) electrons. The summed E-state index contributed by atoms with van der Waals surface area (Å²) in [7, 11) is 0. The van der Waals surface area contributed by atoms with Crippen molar-refractivity contribution in [1.29, 1.82) is 0 Å². The molecule has 2 heterocycles. The Kier molecular flexibility index (Phi) is 3.62. The number of hydrogen-bond donors (Lipinski definition) is 1. The molecule has 86 valence electrons. The van der Waals surface area contributed by atoms with Crippen LogP contribution in [-0.4, -0.2) is 36.5 Å². The lowest BCUT2D eigenvalue weighted by atomic mass is 10.0. The highest BCUT2D eigenvalue weighted by molar-refractivity contribution is 5.82. The van der Waals surface area contributed by atoms with E-state index in [4.69, 9.17) is 0 Å². The first-order valence-corrected chi connectivity index (χ1v) is 6.29. The van der Waals surface area contributed by atoms with Crippen LogP contribution in [0.2, 0.25) is 0 Å². The minimum atomic E-state index is 0.124. The molecule has 1 amide bonds. The first-order valence-electron chi connectivity index (χ1n) is 6.29. The minimum absolute atomic E-state index is 0.124. The maximum Gasteiger partial charge on any atom is 0.239 e. The number of nitrogens with zero attached hydrogens (tertiary/aromatic N) is 1. The second-order valence-corrected chi connectivity index (χ2v) is 5.01. The van der Waals surface area contributed by atoms with Crippen molar-refractivity contribution in [2.75, 3.05) is 19.6 Å². The van der Waals surface area contributed by atoms with Gasteiger partial charge in [-0.05, 0) is 44.6 Å². The highest BCUT2D eigenvalue weighted by Gasteiger charge is 2.27. The third kappa shape index (κ3) is 2.71. The lowest BCUT2D eigenvalue weighted by Gasteiger charge is -2.24. The van der Waals surface area contributed by atoms with E-state index in [1.54, 1.807) is 0 Å². The van der Waals surface area contributed by atoms with Gasteiger partial charge in [-0.15, -0.1) is 0 Å². The zero-order chi connectivity index (χ0) is 10.7. The molecule has 2 rings (SSSR count). The largest absolute Gasteiger partial charge is 0.341 e. The molecule has 3 nitrogen and oxygen atoms in total. The highest BCUT2D eigenvalue weighted by atomic mass is 16.2. The van der Waals surface area contributed by atoms with E-state index in [0.29, 0.717) is 5.91 Å². The van der Waals surface area contributed by atoms with Gasteiger partial charge >= 0.3 is 0 Å². The molecule has 2 atom stereocenters. The van der Waals surface area contributed by atoms with Gasteiger partial charge < -0.3 is 10.2 Å². The summed E-state index contributed by atoms with van der Waals surface area (Å²) < 4.78 is 0. The van der Waals surface area contributed by atoms with Gasteiger partial charge in [0.15, 0.2) is 0 Å². The monoisotopic (exact) mass is 210 g/mol. The normalized spacial score (nSPS) is 32.7. The molecule has 1 N–H and O–H groups in total. The fraction of sp³-hybridized carbons (Fsp3) is 0.917. The van der Waals surface area contributed by atoms with Crippen molar-refractivity contribution in [2.24, 2.45) is 5.92 Å². The minimum Gasteiger partial charge on any atom is -0.341 e. The molecule has 2 fully saturated rings. The van der Waals surface area contributed by atoms with Crippen LogP contribution >= 0.6 is 0 Å². The molecule has 15 heavy (non-hydrogen) atoms. The smallest absolute Gasteiger partial charge is 0.239 e. The molecule has 2 aliphatic heterocycles. The van der Waals surface area contributed by atoms with E-state index in [1.807, 2.05) is 0 Å². The van der Waals surface area contributed by atoms with Crippen LogP contribution in [0.15, 0.2) is 0 Å². The SMILES string of the molecule is CC1CCCN(C(=O)C2CCCN2)CC1. The lowest BCUT2D eigenvalue weighted by molar-refractivity contribution is -0.133. The van der Waals surface area contributed by atoms with Gasteiger partial charge in [0, 0.05) is 13.1 Å². The summed E-state index contributed by atoms with van der Waals surface area (Å²) in [6.07, 6.45) is 5.82. The van der Waals surface area contributed by atoms with Gasteiger partial charge in [0.25, 0.3) is 0 Å². The summed E-state index contributed by atoms with van der Waals surface area (Å²) in [5.41, 5.74) is 0. The molecule has 2 saturated heterocycles. The number of nitrogens with one attached hydrogen (secondary N) is 1. The van der Waals surface area contributed by atoms with Crippen LogP contribution in [0.4, 0.5) is 0 Å². The van der Waals surface area contributed by atoms with Crippen molar-refractivity contribution < 1.29 is 4.79 Å². The van der Waals surface area contributed by atoms with Crippen LogP contribution in [0.3, 0.4) is 0 Å². The Morgan fingerprint density at radius 1 is 1.20 bits per heavy atom. The van der Waals surface area contributed by atoms with E-state index in [1.165, 1.54) is 19.3 Å². The average molecular weight is 210 g/mol. The summed E-state index contributed by atoms with van der Waals surface area (Å²) in [6.45, 7) is 5.25. The van der Waals surface area contributed by atoms with Gasteiger partial charge in [0.05, 0.1) is 6.04 Å². The molecule has 3 heteroatoms. The van der Waals surface area contributed by atoms with Gasteiger partial charge in [-0.1, -0.05) is 6.92 Å². The molecular weight excluding hydrogens is 188 g/mol. The number of carbonyl (C=O) groups is 1. The van der Waals surface area contributed by atoms with E-state index in [-0.39, 0.29) is 6.04 Å². The average Bonchev–Trinajstić information content (AvgIpc) is 2.67. The van der Waals surface area contributed by atoms with Crippen molar-refractivity contribution in [3.05, 3.63) is 0 Å². The van der Waals surface area contributed by atoms with Crippen LogP contribution in [-0.2, 0) is 4.79 Å². The van der Waals surface area contributed by atoms with Crippen LogP contribution < -0.4 is 5.32 Å². The van der Waals surface area contributed by atoms with Crippen molar-refractivity contribution >= 4 is 5.91 Å². The zero-order valence-electron chi connectivity index (χ0n) is 9.67. The van der Waals surface area contributed by atoms with Crippen molar-refractivity contribution in [3.63, 3.8) is 0 Å². The summed E-state index contributed by atoms with van der Waals surface area (Å²) in [6, 6.07) is 0.124. The molecule has 0 aromatic rings. The number of carbonyl (C=O) groups excluding carboxylic acids is 1. The number of likely N-dealkylation sites (tertiary alicyclic amines) is 1. The number of rotatable bonds is 1. The van der Waals surface area contributed by atoms with Gasteiger partial charge in [-0.3, -0.25) is 4.79 Å². The van der Waals surface area contributed by atoms with Crippen molar-refractivity contribution in [1.82, 2.24) is 10.2 Å². The Morgan fingerprint density at radius 3 is 2.80 bits per heavy atom. The first kappa shape index (κ1) is 10.9. The van der Waals surface area contributed by atoms with Crippen LogP contribution in [0.5, 0.6) is 0 Å². The molecule has 0 saturated carbocycles. The molecule has 0 aromatic carbocycles. The van der Waals surface area contributed by atoms with Gasteiger partial charge in [-0.25, -0.2) is 0 Å². The molecule has 0 aromatic heterocycles. The first-order chi connectivity index (χ1) is 7.27. The van der Waals surface area contributed by atoms with E-state index < -0.39 is 0 Å². The van der Waals surface area contributed by atoms with Crippen molar-refractivity contribution in [2.45, 2.75) is 45.1 Å². The van der Waals surface area contributed by atoms with Gasteiger partial charge in [-0.2, -0.15) is 0 Å². The fourth-order valence-electron chi connectivity index (χ4n) is 2.60. The predicted molar refractivity (Wildman–Crippen MR) is 60.6 cm³/mol. The van der Waals surface area contributed by atoms with Gasteiger partial charge in [0.2, 0.25) is 5.91 Å². The summed E-state index contributed by atoms with van der Waals surface area (Å²) in [5, 5.41) is 3.29. The molecule has 0 aliphatic carbocycles. The second-order valence-electron chi connectivity index (χ2n) is 5.01. The molecule has 2 aliphatic rings. The second kappa shape index (κ2) is 4.97. The summed E-state index contributed by atoms with van der Waals surface area (Å²) in [5.74, 6) is 1.14. The Balaban J connectivity index is 1.88. The fourth-order valence-corrected chi connectivity index (χ4v) is 2.60. The van der Waals surface area contributed by atoms with Crippen LogP contribution in [0, 0.1) is 5.92 Å². The number of amides is 1. The standard InChI is InChI=1S/C12H22N2O/c1-10-4-3-8-14(9-6-10)12(15)11-5-2-7-13-11/h10-11,13H,2-9H2,1H3. The third-order valence-electron chi connectivity index (χ3n) is 3.69. The Labute approximate surface area is 92.2 Å². The lowest BCUT2D eigenvalue weighted by Crippen LogP contribution is -2.44. The van der Waals surface area contributed by atoms with E-state index in [2.05, 4.69) is 17.1 Å². The Morgan fingerprint density at radius 2 is 2.07 bits per heavy atom. The highest BCUT2D eigenvalue weighted by Crippen LogP contribution is 2.18. The maximum atomic E-state index is 12.1. The molecule has 2 unspecified atom stereocenters. The van der Waals surface area contributed by atoms with E-state index >= 15 is 0 Å². The summed E-state index contributed by atoms with van der Waals surface area (Å²) >= 11 is 0. The quantitative estimate of drug-likeness (QED) is 0.709. The van der Waals surface area contributed by atoms with E-state index in [0.717, 1.165) is 38.4 Å². The molecule has 0 spiro atoms. The Hall–Kier alpha value is -0.570. The topological polar surface area (TPSA) is 32.3 Å². The van der Waals surface area contributed by atoms with Crippen LogP contribution in [0.1, 0.15) is 39.0 Å². The number of hydrogen-bond acceptors (Lipinski definition) is 2. The van der Waals surface area contributed by atoms with Crippen molar-refractivity contribution in [3.8, 4) is 0 Å².